The lowest BCUT2D eigenvalue weighted by Crippen LogP contribution is -2.80. The molecule has 6 nitrogen and oxygen atoms in total. The third-order valence-electron chi connectivity index (χ3n) is 4.96. The summed E-state index contributed by atoms with van der Waals surface area (Å²) in [6.45, 7) is 6.70. The van der Waals surface area contributed by atoms with Crippen LogP contribution < -0.4 is 11.1 Å². The zero-order chi connectivity index (χ0) is 15.1. The van der Waals surface area contributed by atoms with E-state index in [1.807, 2.05) is 13.8 Å². The van der Waals surface area contributed by atoms with Crippen LogP contribution >= 0.6 is 0 Å². The van der Waals surface area contributed by atoms with Crippen molar-refractivity contribution in [3.8, 4) is 0 Å². The van der Waals surface area contributed by atoms with Crippen LogP contribution in [0.3, 0.4) is 0 Å². The zero-order valence-electron chi connectivity index (χ0n) is 12.3. The van der Waals surface area contributed by atoms with Crippen molar-refractivity contribution in [2.75, 3.05) is 13.2 Å². The molecule has 1 saturated carbocycles. The van der Waals surface area contributed by atoms with Gasteiger partial charge in [-0.1, -0.05) is 20.8 Å². The molecule has 2 rings (SSSR count). The third-order valence-corrected chi connectivity index (χ3v) is 4.96. The molecule has 0 aromatic rings. The van der Waals surface area contributed by atoms with E-state index in [1.54, 1.807) is 6.92 Å². The lowest BCUT2D eigenvalue weighted by molar-refractivity contribution is -0.175. The van der Waals surface area contributed by atoms with Gasteiger partial charge in [0.15, 0.2) is 0 Å². The van der Waals surface area contributed by atoms with Crippen molar-refractivity contribution >= 4 is 11.9 Å². The molecule has 114 valence electrons. The number of aliphatic carboxylic acids is 1. The van der Waals surface area contributed by atoms with Gasteiger partial charge in [-0.15, -0.1) is 0 Å². The van der Waals surface area contributed by atoms with E-state index in [9.17, 15) is 9.59 Å². The molecule has 0 bridgehead atoms. The van der Waals surface area contributed by atoms with Crippen LogP contribution in [0.2, 0.25) is 0 Å². The van der Waals surface area contributed by atoms with Crippen LogP contribution in [0.1, 0.15) is 33.6 Å². The number of hydrogen-bond acceptors (Lipinski definition) is 4. The molecular formula is C14H24N2O4. The molecule has 6 heteroatoms. The summed E-state index contributed by atoms with van der Waals surface area (Å²) in [5, 5.41) is 11.5. The Balaban J connectivity index is 1.97. The molecule has 0 radical (unpaired) electrons. The zero-order valence-corrected chi connectivity index (χ0v) is 12.3. The maximum atomic E-state index is 12.5. The minimum absolute atomic E-state index is 0.0381. The van der Waals surface area contributed by atoms with Crippen LogP contribution in [-0.4, -0.2) is 41.8 Å². The topological polar surface area (TPSA) is 102 Å². The second kappa shape index (κ2) is 5.00. The van der Waals surface area contributed by atoms with Crippen LogP contribution in [0.5, 0.6) is 0 Å². The van der Waals surface area contributed by atoms with E-state index in [1.165, 1.54) is 0 Å². The first kappa shape index (κ1) is 15.3. The highest BCUT2D eigenvalue weighted by Gasteiger charge is 2.71. The van der Waals surface area contributed by atoms with Crippen LogP contribution in [0.15, 0.2) is 0 Å². The Kier molecular flexibility index (Phi) is 3.81. The summed E-state index contributed by atoms with van der Waals surface area (Å²) in [7, 11) is 0. The second-order valence-electron chi connectivity index (χ2n) is 6.69. The lowest BCUT2D eigenvalue weighted by Gasteiger charge is -2.60. The average Bonchev–Trinajstić information content (AvgIpc) is 2.82. The summed E-state index contributed by atoms with van der Waals surface area (Å²) in [5.41, 5.74) is 5.07. The van der Waals surface area contributed by atoms with Crippen molar-refractivity contribution in [2.45, 2.75) is 45.3 Å². The van der Waals surface area contributed by atoms with Gasteiger partial charge in [0.2, 0.25) is 5.91 Å². The van der Waals surface area contributed by atoms with Gasteiger partial charge in [0.1, 0.15) is 5.54 Å². The molecule has 4 atom stereocenters. The fourth-order valence-electron chi connectivity index (χ4n) is 3.63. The van der Waals surface area contributed by atoms with Crippen LogP contribution in [0.25, 0.3) is 0 Å². The first-order valence-electron chi connectivity index (χ1n) is 7.11. The van der Waals surface area contributed by atoms with E-state index in [0.717, 1.165) is 6.42 Å². The van der Waals surface area contributed by atoms with Crippen molar-refractivity contribution in [2.24, 2.45) is 23.0 Å². The van der Waals surface area contributed by atoms with Crippen molar-refractivity contribution in [3.63, 3.8) is 0 Å². The molecule has 0 aromatic carbocycles. The first-order valence-corrected chi connectivity index (χ1v) is 7.11. The van der Waals surface area contributed by atoms with Crippen LogP contribution in [0, 0.1) is 17.3 Å². The van der Waals surface area contributed by atoms with Crippen molar-refractivity contribution in [1.29, 1.82) is 0 Å². The molecule has 1 amide bonds. The summed E-state index contributed by atoms with van der Waals surface area (Å²) in [6.07, 6.45) is 0.897. The molecule has 0 aromatic heterocycles. The highest BCUT2D eigenvalue weighted by Crippen LogP contribution is 2.58. The van der Waals surface area contributed by atoms with E-state index in [2.05, 4.69) is 5.32 Å². The Hall–Kier alpha value is -1.14. The smallest absolute Gasteiger partial charge is 0.303 e. The largest absolute Gasteiger partial charge is 0.481 e. The van der Waals surface area contributed by atoms with Gasteiger partial charge >= 0.3 is 5.97 Å². The van der Waals surface area contributed by atoms with Gasteiger partial charge in [0.25, 0.3) is 0 Å². The Bertz CT molecular complexity index is 423. The van der Waals surface area contributed by atoms with Gasteiger partial charge in [-0.25, -0.2) is 0 Å². The summed E-state index contributed by atoms with van der Waals surface area (Å²) in [6, 6.07) is 0. The van der Waals surface area contributed by atoms with E-state index in [-0.39, 0.29) is 30.3 Å². The molecular weight excluding hydrogens is 260 g/mol. The maximum absolute atomic E-state index is 12.5. The van der Waals surface area contributed by atoms with Crippen molar-refractivity contribution in [1.82, 2.24) is 5.32 Å². The number of amides is 1. The highest BCUT2D eigenvalue weighted by molar-refractivity contribution is 5.89. The summed E-state index contributed by atoms with van der Waals surface area (Å²) in [5.74, 6) is -1.10. The van der Waals surface area contributed by atoms with E-state index in [4.69, 9.17) is 15.6 Å². The van der Waals surface area contributed by atoms with Gasteiger partial charge in [-0.2, -0.15) is 0 Å². The van der Waals surface area contributed by atoms with Gasteiger partial charge in [-0.05, 0) is 12.3 Å². The minimum atomic E-state index is -0.920. The van der Waals surface area contributed by atoms with Gasteiger partial charge in [-0.3, -0.25) is 9.59 Å². The highest BCUT2D eigenvalue weighted by atomic mass is 16.5. The average molecular weight is 284 g/mol. The predicted molar refractivity (Wildman–Crippen MR) is 73.0 cm³/mol. The number of rotatable bonds is 5. The van der Waals surface area contributed by atoms with Crippen molar-refractivity contribution < 1.29 is 19.4 Å². The molecule has 20 heavy (non-hydrogen) atoms. The quantitative estimate of drug-likeness (QED) is 0.676. The normalized spacial score (nSPS) is 35.8. The fourth-order valence-corrected chi connectivity index (χ4v) is 3.63. The number of nitrogens with two attached hydrogens (primary N) is 1. The first-order chi connectivity index (χ1) is 9.21. The SMILES string of the molecule is CC(CNC(=O)C1(N)C2CCOC2C1(C)C)CC(=O)O. The molecule has 2 aliphatic rings. The Morgan fingerprint density at radius 2 is 2.15 bits per heavy atom. The third kappa shape index (κ3) is 2.11. The fraction of sp³-hybridized carbons (Fsp3) is 0.857. The van der Waals surface area contributed by atoms with Gasteiger partial charge < -0.3 is 20.9 Å². The van der Waals surface area contributed by atoms with Crippen LogP contribution in [-0.2, 0) is 14.3 Å². The summed E-state index contributed by atoms with van der Waals surface area (Å²) in [4.78, 5) is 23.1. The van der Waals surface area contributed by atoms with E-state index in [0.29, 0.717) is 13.2 Å². The molecule has 1 heterocycles. The Labute approximate surface area is 119 Å². The minimum Gasteiger partial charge on any atom is -0.481 e. The Morgan fingerprint density at radius 3 is 2.75 bits per heavy atom. The van der Waals surface area contributed by atoms with Crippen LogP contribution in [0.4, 0.5) is 0 Å². The number of carbonyl (C=O) groups excluding carboxylic acids is 1. The number of carbonyl (C=O) groups is 2. The number of carboxylic acids is 1. The number of fused-ring (bicyclic) bond motifs is 1. The maximum Gasteiger partial charge on any atom is 0.303 e. The molecule has 1 aliphatic carbocycles. The standard InChI is InChI=1S/C14H24N2O4/c1-8(6-10(17)18)7-16-12(19)14(15)9-4-5-20-11(9)13(14,2)3/h8-9,11H,4-7,15H2,1-3H3,(H,16,19)(H,17,18). The Morgan fingerprint density at radius 1 is 1.50 bits per heavy atom. The number of nitrogens with one attached hydrogen (secondary N) is 1. The number of hydrogen-bond donors (Lipinski definition) is 3. The van der Waals surface area contributed by atoms with E-state index >= 15 is 0 Å². The molecule has 4 unspecified atom stereocenters. The lowest BCUT2D eigenvalue weighted by atomic mass is 9.48. The molecule has 1 aliphatic heterocycles. The summed E-state index contributed by atoms with van der Waals surface area (Å²) >= 11 is 0. The second-order valence-corrected chi connectivity index (χ2v) is 6.69. The monoisotopic (exact) mass is 284 g/mol. The van der Waals surface area contributed by atoms with Gasteiger partial charge in [0, 0.05) is 30.9 Å². The number of carboxylic acid groups (broad SMARTS) is 1. The molecule has 2 fully saturated rings. The van der Waals surface area contributed by atoms with Crippen molar-refractivity contribution in [3.05, 3.63) is 0 Å². The molecule has 0 spiro atoms. The summed E-state index contributed by atoms with van der Waals surface area (Å²) < 4.78 is 5.65. The predicted octanol–water partition coefficient (Wildman–Crippen LogP) is 0.356. The number of ether oxygens (including phenoxy) is 1. The van der Waals surface area contributed by atoms with Gasteiger partial charge in [0.05, 0.1) is 6.10 Å². The van der Waals surface area contributed by atoms with E-state index < -0.39 is 16.9 Å². The molecule has 4 N–H and O–H groups in total. The molecule has 1 saturated heterocycles.